The molecule has 17 heavy (non-hydrogen) atoms. The van der Waals surface area contributed by atoms with E-state index in [1.165, 1.54) is 4.88 Å². The van der Waals surface area contributed by atoms with Crippen molar-refractivity contribution in [2.45, 2.75) is 19.9 Å². The summed E-state index contributed by atoms with van der Waals surface area (Å²) in [5, 5.41) is 4.21. The van der Waals surface area contributed by atoms with E-state index in [0.717, 1.165) is 26.7 Å². The van der Waals surface area contributed by atoms with Gasteiger partial charge >= 0.3 is 0 Å². The van der Waals surface area contributed by atoms with E-state index >= 15 is 0 Å². The van der Waals surface area contributed by atoms with Crippen molar-refractivity contribution in [3.05, 3.63) is 43.4 Å². The topological polar surface area (TPSA) is 25.2 Å². The van der Waals surface area contributed by atoms with E-state index < -0.39 is 0 Å². The Morgan fingerprint density at radius 3 is 2.82 bits per heavy atom. The fourth-order valence-electron chi connectivity index (χ4n) is 1.77. The van der Waals surface area contributed by atoms with Crippen molar-refractivity contribution >= 4 is 38.9 Å². The molecule has 0 aliphatic carbocycles. The molecule has 0 saturated heterocycles. The second kappa shape index (κ2) is 5.57. The number of rotatable bonds is 4. The van der Waals surface area contributed by atoms with Gasteiger partial charge in [-0.25, -0.2) is 0 Å². The molecular weight excluding hydrogens is 322 g/mol. The van der Waals surface area contributed by atoms with Crippen molar-refractivity contribution in [1.29, 1.82) is 0 Å². The molecule has 0 aromatic carbocycles. The summed E-state index contributed by atoms with van der Waals surface area (Å²) in [6, 6.07) is 4.15. The maximum absolute atomic E-state index is 6.09. The van der Waals surface area contributed by atoms with E-state index in [2.05, 4.69) is 28.2 Å². The summed E-state index contributed by atoms with van der Waals surface area (Å²) in [7, 11) is 0. The van der Waals surface area contributed by atoms with Crippen molar-refractivity contribution in [2.24, 2.45) is 0 Å². The molecule has 2 nitrogen and oxygen atoms in total. The second-order valence-electron chi connectivity index (χ2n) is 3.69. The summed E-state index contributed by atoms with van der Waals surface area (Å²) >= 11 is 11.2. The molecule has 0 aliphatic rings. The third-order valence-corrected chi connectivity index (χ3v) is 5.11. The quantitative estimate of drug-likeness (QED) is 0.871. The zero-order chi connectivity index (χ0) is 12.4. The highest BCUT2D eigenvalue weighted by molar-refractivity contribution is 9.11. The Kier molecular flexibility index (Phi) is 4.31. The standard InChI is InChI=1S/C12H13BrClNOS/c1-3-15-11(8-4-5-16-7(8)2)10-6-9(14)12(13)17-10/h4-6,11,15H,3H2,1-2H3. The molecule has 1 N–H and O–H groups in total. The average molecular weight is 335 g/mol. The van der Waals surface area contributed by atoms with Crippen LogP contribution in [-0.4, -0.2) is 6.54 Å². The monoisotopic (exact) mass is 333 g/mol. The Hall–Kier alpha value is -0.290. The first-order valence-electron chi connectivity index (χ1n) is 5.35. The third kappa shape index (κ3) is 2.76. The van der Waals surface area contributed by atoms with Crippen LogP contribution in [-0.2, 0) is 0 Å². The Bertz CT molecular complexity index is 489. The largest absolute Gasteiger partial charge is 0.469 e. The molecule has 0 radical (unpaired) electrons. The SMILES string of the molecule is CCNC(c1cc(Cl)c(Br)s1)c1ccoc1C. The van der Waals surface area contributed by atoms with Gasteiger partial charge in [-0.05, 0) is 41.5 Å². The minimum absolute atomic E-state index is 0.146. The summed E-state index contributed by atoms with van der Waals surface area (Å²) in [5.41, 5.74) is 1.16. The van der Waals surface area contributed by atoms with Crippen LogP contribution in [0.3, 0.4) is 0 Å². The van der Waals surface area contributed by atoms with Crippen molar-refractivity contribution < 1.29 is 4.42 Å². The van der Waals surface area contributed by atoms with Gasteiger partial charge in [-0.15, -0.1) is 11.3 Å². The molecule has 0 saturated carbocycles. The number of aryl methyl sites for hydroxylation is 1. The normalized spacial score (nSPS) is 12.9. The molecule has 0 bridgehead atoms. The van der Waals surface area contributed by atoms with Gasteiger partial charge in [-0.2, -0.15) is 0 Å². The summed E-state index contributed by atoms with van der Waals surface area (Å²) in [6.45, 7) is 4.96. The van der Waals surface area contributed by atoms with Gasteiger partial charge in [0, 0.05) is 10.4 Å². The van der Waals surface area contributed by atoms with Gasteiger partial charge in [0.25, 0.3) is 0 Å². The second-order valence-corrected chi connectivity index (χ2v) is 6.50. The summed E-state index contributed by atoms with van der Waals surface area (Å²) in [6.07, 6.45) is 1.72. The van der Waals surface area contributed by atoms with Crippen molar-refractivity contribution in [2.75, 3.05) is 6.54 Å². The Balaban J connectivity index is 2.39. The Morgan fingerprint density at radius 1 is 1.59 bits per heavy atom. The maximum atomic E-state index is 6.09. The number of thiophene rings is 1. The number of furan rings is 1. The molecule has 2 rings (SSSR count). The predicted octanol–water partition coefficient (Wildman–Crippen LogP) is 4.76. The van der Waals surface area contributed by atoms with E-state index in [4.69, 9.17) is 16.0 Å². The van der Waals surface area contributed by atoms with E-state index in [9.17, 15) is 0 Å². The molecular formula is C12H13BrClNOS. The zero-order valence-electron chi connectivity index (χ0n) is 9.59. The van der Waals surface area contributed by atoms with Gasteiger partial charge in [-0.3, -0.25) is 0 Å². The minimum Gasteiger partial charge on any atom is -0.469 e. The first-order valence-corrected chi connectivity index (χ1v) is 7.34. The number of hydrogen-bond acceptors (Lipinski definition) is 3. The highest BCUT2D eigenvalue weighted by Gasteiger charge is 2.20. The molecule has 2 aromatic rings. The lowest BCUT2D eigenvalue weighted by Gasteiger charge is -2.15. The molecule has 0 amide bonds. The van der Waals surface area contributed by atoms with Crippen LogP contribution in [0.25, 0.3) is 0 Å². The number of halogens is 2. The van der Waals surface area contributed by atoms with Crippen LogP contribution in [0.4, 0.5) is 0 Å². The third-order valence-electron chi connectivity index (χ3n) is 2.57. The van der Waals surface area contributed by atoms with Gasteiger partial charge in [0.1, 0.15) is 5.76 Å². The molecule has 0 fully saturated rings. The van der Waals surface area contributed by atoms with Crippen LogP contribution in [0.1, 0.15) is 29.2 Å². The lowest BCUT2D eigenvalue weighted by Crippen LogP contribution is -2.21. The van der Waals surface area contributed by atoms with E-state index in [1.54, 1.807) is 17.6 Å². The van der Waals surface area contributed by atoms with Crippen molar-refractivity contribution in [1.82, 2.24) is 5.32 Å². The van der Waals surface area contributed by atoms with Gasteiger partial charge in [0.15, 0.2) is 0 Å². The van der Waals surface area contributed by atoms with Crippen molar-refractivity contribution in [3.63, 3.8) is 0 Å². The molecule has 2 heterocycles. The predicted molar refractivity (Wildman–Crippen MR) is 76.0 cm³/mol. The molecule has 5 heteroatoms. The summed E-state index contributed by atoms with van der Waals surface area (Å²) in [4.78, 5) is 1.19. The molecule has 2 aromatic heterocycles. The smallest absolute Gasteiger partial charge is 0.105 e. The first-order chi connectivity index (χ1) is 8.13. The lowest BCUT2D eigenvalue weighted by atomic mass is 10.1. The fraction of sp³-hybridized carbons (Fsp3) is 0.333. The van der Waals surface area contributed by atoms with Crippen LogP contribution < -0.4 is 5.32 Å². The number of nitrogens with one attached hydrogen (secondary N) is 1. The van der Waals surface area contributed by atoms with Gasteiger partial charge in [0.05, 0.1) is 21.1 Å². The Morgan fingerprint density at radius 2 is 2.35 bits per heavy atom. The maximum Gasteiger partial charge on any atom is 0.105 e. The highest BCUT2D eigenvalue weighted by atomic mass is 79.9. The van der Waals surface area contributed by atoms with Crippen molar-refractivity contribution in [3.8, 4) is 0 Å². The zero-order valence-corrected chi connectivity index (χ0v) is 12.7. The highest BCUT2D eigenvalue weighted by Crippen LogP contribution is 2.38. The molecule has 92 valence electrons. The minimum atomic E-state index is 0.146. The Labute approximate surface area is 118 Å². The average Bonchev–Trinajstić information content (AvgIpc) is 2.83. The first kappa shape index (κ1) is 13.1. The summed E-state index contributed by atoms with van der Waals surface area (Å²) in [5.74, 6) is 0.941. The van der Waals surface area contributed by atoms with Crippen LogP contribution in [0.15, 0.2) is 26.6 Å². The van der Waals surface area contributed by atoms with E-state index in [1.807, 2.05) is 19.1 Å². The lowest BCUT2D eigenvalue weighted by molar-refractivity contribution is 0.521. The van der Waals surface area contributed by atoms with Gasteiger partial charge in [0.2, 0.25) is 0 Å². The fourth-order valence-corrected chi connectivity index (χ4v) is 3.61. The van der Waals surface area contributed by atoms with Crippen LogP contribution in [0, 0.1) is 6.92 Å². The van der Waals surface area contributed by atoms with E-state index in [-0.39, 0.29) is 6.04 Å². The summed E-state index contributed by atoms with van der Waals surface area (Å²) < 4.78 is 6.34. The molecule has 1 atom stereocenters. The number of hydrogen-bond donors (Lipinski definition) is 1. The van der Waals surface area contributed by atoms with Crippen LogP contribution >= 0.6 is 38.9 Å². The molecule has 1 unspecified atom stereocenters. The van der Waals surface area contributed by atoms with Crippen LogP contribution in [0.2, 0.25) is 5.02 Å². The van der Waals surface area contributed by atoms with E-state index in [0.29, 0.717) is 0 Å². The van der Waals surface area contributed by atoms with Crippen LogP contribution in [0.5, 0.6) is 0 Å². The molecule has 0 spiro atoms. The van der Waals surface area contributed by atoms with Gasteiger partial charge in [-0.1, -0.05) is 18.5 Å². The molecule has 0 aliphatic heterocycles. The van der Waals surface area contributed by atoms with Gasteiger partial charge < -0.3 is 9.73 Å².